The first-order chi connectivity index (χ1) is 10.9. The molecule has 1 unspecified atom stereocenters. The Hall–Kier alpha value is -0.710. The zero-order valence-corrected chi connectivity index (χ0v) is 17.7. The molecule has 0 amide bonds. The molecule has 7 nitrogen and oxygen atoms in total. The quantitative estimate of drug-likeness (QED) is 0.693. The van der Waals surface area contributed by atoms with E-state index in [-0.39, 0.29) is 40.7 Å². The SMILES string of the molecule is CC(C)C(N)CCN(C)S(=O)(=O)c1cccc(S(=O)(=O)N(C)C)c1.Cl. The number of hydrogen-bond donors (Lipinski definition) is 1. The van der Waals surface area contributed by atoms with Crippen molar-refractivity contribution >= 4 is 32.5 Å². The Labute approximate surface area is 157 Å². The fraction of sp³-hybridized carbons (Fsp3) is 0.600. The summed E-state index contributed by atoms with van der Waals surface area (Å²) in [7, 11) is -3.20. The van der Waals surface area contributed by atoms with Gasteiger partial charge in [0, 0.05) is 33.7 Å². The Balaban J connectivity index is 0.00000576. The first kappa shape index (κ1) is 24.3. The first-order valence-corrected chi connectivity index (χ1v) is 10.5. The van der Waals surface area contributed by atoms with Crippen molar-refractivity contribution in [2.75, 3.05) is 27.7 Å². The zero-order valence-electron chi connectivity index (χ0n) is 15.2. The lowest BCUT2D eigenvalue weighted by Gasteiger charge is -2.21. The average molecular weight is 414 g/mol. The summed E-state index contributed by atoms with van der Waals surface area (Å²) in [6.07, 6.45) is 0.531. The molecule has 10 heteroatoms. The normalized spacial score (nSPS) is 14.0. The van der Waals surface area contributed by atoms with Crippen LogP contribution < -0.4 is 5.73 Å². The number of benzene rings is 1. The topological polar surface area (TPSA) is 101 Å². The molecule has 1 aromatic rings. The summed E-state index contributed by atoms with van der Waals surface area (Å²) in [5.41, 5.74) is 5.95. The number of rotatable bonds is 8. The molecule has 0 radical (unpaired) electrons. The summed E-state index contributed by atoms with van der Waals surface area (Å²) in [6, 6.07) is 5.29. The lowest BCUT2D eigenvalue weighted by molar-refractivity contribution is 0.397. The predicted octanol–water partition coefficient (Wildman–Crippen LogP) is 1.35. The minimum absolute atomic E-state index is 0. The van der Waals surface area contributed by atoms with Crippen molar-refractivity contribution in [2.24, 2.45) is 11.7 Å². The number of hydrogen-bond acceptors (Lipinski definition) is 5. The maximum atomic E-state index is 12.6. The molecule has 0 aliphatic carbocycles. The highest BCUT2D eigenvalue weighted by atomic mass is 35.5. The molecular formula is C15H28ClN3O4S2. The summed E-state index contributed by atoms with van der Waals surface area (Å²) < 4.78 is 51.9. The van der Waals surface area contributed by atoms with Gasteiger partial charge < -0.3 is 5.73 Å². The van der Waals surface area contributed by atoms with Crippen LogP contribution in [0, 0.1) is 5.92 Å². The van der Waals surface area contributed by atoms with Crippen molar-refractivity contribution in [1.29, 1.82) is 0 Å². The summed E-state index contributed by atoms with van der Waals surface area (Å²) in [5, 5.41) is 0. The van der Waals surface area contributed by atoms with E-state index < -0.39 is 20.0 Å². The molecule has 0 saturated heterocycles. The number of nitrogens with two attached hydrogens (primary N) is 1. The molecule has 0 heterocycles. The Morgan fingerprint density at radius 3 is 1.92 bits per heavy atom. The van der Waals surface area contributed by atoms with Crippen LogP contribution in [-0.2, 0) is 20.0 Å². The second-order valence-electron chi connectivity index (χ2n) is 6.29. The van der Waals surface area contributed by atoms with Crippen LogP contribution in [0.1, 0.15) is 20.3 Å². The lowest BCUT2D eigenvalue weighted by atomic mass is 10.0. The molecule has 146 valence electrons. The smallest absolute Gasteiger partial charge is 0.242 e. The Kier molecular flexibility index (Phi) is 9.03. The molecule has 0 bridgehead atoms. The first-order valence-electron chi connectivity index (χ1n) is 7.65. The van der Waals surface area contributed by atoms with Gasteiger partial charge in [-0.2, -0.15) is 0 Å². The van der Waals surface area contributed by atoms with E-state index in [0.29, 0.717) is 6.42 Å². The molecule has 0 aliphatic heterocycles. The second-order valence-corrected chi connectivity index (χ2v) is 10.5. The highest BCUT2D eigenvalue weighted by Crippen LogP contribution is 2.21. The van der Waals surface area contributed by atoms with Crippen molar-refractivity contribution in [3.63, 3.8) is 0 Å². The summed E-state index contributed by atoms with van der Waals surface area (Å²) in [4.78, 5) is -0.105. The van der Waals surface area contributed by atoms with Crippen LogP contribution in [0.5, 0.6) is 0 Å². The van der Waals surface area contributed by atoms with Crippen LogP contribution in [0.25, 0.3) is 0 Å². The lowest BCUT2D eigenvalue weighted by Crippen LogP contribution is -2.34. The molecule has 25 heavy (non-hydrogen) atoms. The van der Waals surface area contributed by atoms with Gasteiger partial charge in [0.25, 0.3) is 0 Å². The van der Waals surface area contributed by atoms with Gasteiger partial charge in [-0.05, 0) is 30.5 Å². The number of sulfonamides is 2. The van der Waals surface area contributed by atoms with Crippen molar-refractivity contribution < 1.29 is 16.8 Å². The van der Waals surface area contributed by atoms with Gasteiger partial charge in [-0.3, -0.25) is 0 Å². The molecule has 2 N–H and O–H groups in total. The van der Waals surface area contributed by atoms with Crippen LogP contribution in [0.2, 0.25) is 0 Å². The largest absolute Gasteiger partial charge is 0.327 e. The Morgan fingerprint density at radius 2 is 1.48 bits per heavy atom. The van der Waals surface area contributed by atoms with E-state index in [2.05, 4.69) is 0 Å². The van der Waals surface area contributed by atoms with Gasteiger partial charge in [0.1, 0.15) is 0 Å². The summed E-state index contributed by atoms with van der Waals surface area (Å²) in [6.45, 7) is 4.23. The van der Waals surface area contributed by atoms with Crippen molar-refractivity contribution in [3.8, 4) is 0 Å². The van der Waals surface area contributed by atoms with Gasteiger partial charge in [0.2, 0.25) is 20.0 Å². The third-order valence-corrected chi connectivity index (χ3v) is 7.59. The van der Waals surface area contributed by atoms with Gasteiger partial charge in [-0.15, -0.1) is 12.4 Å². The Bertz CT molecular complexity index is 765. The van der Waals surface area contributed by atoms with E-state index in [9.17, 15) is 16.8 Å². The zero-order chi connectivity index (χ0) is 18.7. The molecular weight excluding hydrogens is 386 g/mol. The monoisotopic (exact) mass is 413 g/mol. The second kappa shape index (κ2) is 9.29. The van der Waals surface area contributed by atoms with Crippen LogP contribution in [0.4, 0.5) is 0 Å². The van der Waals surface area contributed by atoms with Crippen LogP contribution >= 0.6 is 12.4 Å². The third-order valence-electron chi connectivity index (χ3n) is 3.93. The van der Waals surface area contributed by atoms with Crippen LogP contribution in [0.3, 0.4) is 0 Å². The van der Waals surface area contributed by atoms with Gasteiger partial charge in [0.15, 0.2) is 0 Å². The highest BCUT2D eigenvalue weighted by Gasteiger charge is 2.25. The van der Waals surface area contributed by atoms with E-state index in [4.69, 9.17) is 5.73 Å². The van der Waals surface area contributed by atoms with Crippen molar-refractivity contribution in [3.05, 3.63) is 24.3 Å². The van der Waals surface area contributed by atoms with Gasteiger partial charge in [-0.25, -0.2) is 25.4 Å². The van der Waals surface area contributed by atoms with Crippen molar-refractivity contribution in [1.82, 2.24) is 8.61 Å². The molecule has 1 rings (SSSR count). The van der Waals surface area contributed by atoms with E-state index in [1.165, 1.54) is 49.7 Å². The third kappa shape index (κ3) is 5.90. The molecule has 0 aromatic heterocycles. The molecule has 1 atom stereocenters. The molecule has 0 fully saturated rings. The van der Waals surface area contributed by atoms with Crippen LogP contribution in [0.15, 0.2) is 34.1 Å². The average Bonchev–Trinajstić information content (AvgIpc) is 2.51. The molecule has 0 aliphatic rings. The highest BCUT2D eigenvalue weighted by molar-refractivity contribution is 7.90. The number of nitrogens with zero attached hydrogens (tertiary/aromatic N) is 2. The maximum Gasteiger partial charge on any atom is 0.242 e. The van der Waals surface area contributed by atoms with Crippen molar-refractivity contribution in [2.45, 2.75) is 36.1 Å². The number of halogens is 1. The summed E-state index contributed by atoms with van der Waals surface area (Å²) >= 11 is 0. The van der Waals surface area contributed by atoms with Gasteiger partial charge in [-0.1, -0.05) is 19.9 Å². The fourth-order valence-corrected chi connectivity index (χ4v) is 4.23. The maximum absolute atomic E-state index is 12.6. The molecule has 1 aromatic carbocycles. The standard InChI is InChI=1S/C15H27N3O4S2.ClH/c1-12(2)15(16)9-10-18(5)24(21,22)14-8-6-7-13(11-14)23(19,20)17(3)4;/h6-8,11-12,15H,9-10,16H2,1-5H3;1H. The summed E-state index contributed by atoms with van der Waals surface area (Å²) in [5.74, 6) is 0.259. The van der Waals surface area contributed by atoms with E-state index in [1.54, 1.807) is 0 Å². The van der Waals surface area contributed by atoms with E-state index in [0.717, 1.165) is 4.31 Å². The van der Waals surface area contributed by atoms with Gasteiger partial charge in [0.05, 0.1) is 9.79 Å². The van der Waals surface area contributed by atoms with E-state index >= 15 is 0 Å². The minimum Gasteiger partial charge on any atom is -0.327 e. The predicted molar refractivity (Wildman–Crippen MR) is 102 cm³/mol. The van der Waals surface area contributed by atoms with Crippen LogP contribution in [-0.4, -0.2) is 59.2 Å². The fourth-order valence-electron chi connectivity index (χ4n) is 1.97. The van der Waals surface area contributed by atoms with Gasteiger partial charge >= 0.3 is 0 Å². The van der Waals surface area contributed by atoms with E-state index in [1.807, 2.05) is 13.8 Å². The Morgan fingerprint density at radius 1 is 1.00 bits per heavy atom. The molecule has 0 saturated carbocycles. The minimum atomic E-state index is -3.77. The molecule has 0 spiro atoms.